The summed E-state index contributed by atoms with van der Waals surface area (Å²) in [6.45, 7) is 5.68. The maximum absolute atomic E-state index is 2.37. The van der Waals surface area contributed by atoms with Gasteiger partial charge in [0.25, 0.3) is 0 Å². The molecule has 1 heteroatoms. The number of rotatable bonds is 0. The van der Waals surface area contributed by atoms with Crippen LogP contribution in [-0.2, 0) is 0 Å². The summed E-state index contributed by atoms with van der Waals surface area (Å²) in [5, 5.41) is 0. The minimum Gasteiger partial charge on any atom is -0.300 e. The Balaban J connectivity index is 2.58. The Bertz CT molecular complexity index is 127. The molecular weight excluding hydrogens is 110 g/mol. The monoisotopic (exact) mass is 125 g/mol. The van der Waals surface area contributed by atoms with E-state index in [1.165, 1.54) is 13.0 Å². The molecule has 0 aromatic heterocycles. The molecule has 0 aromatic carbocycles. The molecule has 52 valence electrons. The van der Waals surface area contributed by atoms with E-state index >= 15 is 0 Å². The molecule has 0 spiro atoms. The number of likely N-dealkylation sites (N-methyl/N-ethyl adjacent to an activating group) is 1. The minimum atomic E-state index is 0.652. The SMILES string of the molecule is CC1=C[C@H](C)N(C)CC1. The summed E-state index contributed by atoms with van der Waals surface area (Å²) in [7, 11) is 2.17. The quantitative estimate of drug-likeness (QED) is 0.445. The van der Waals surface area contributed by atoms with Gasteiger partial charge in [-0.05, 0) is 27.3 Å². The van der Waals surface area contributed by atoms with E-state index in [1.807, 2.05) is 0 Å². The van der Waals surface area contributed by atoms with Gasteiger partial charge in [-0.3, -0.25) is 4.90 Å². The van der Waals surface area contributed by atoms with Gasteiger partial charge >= 0.3 is 0 Å². The predicted octanol–water partition coefficient (Wildman–Crippen LogP) is 1.66. The van der Waals surface area contributed by atoms with Crippen molar-refractivity contribution >= 4 is 0 Å². The minimum absolute atomic E-state index is 0.652. The Kier molecular flexibility index (Phi) is 1.91. The van der Waals surface area contributed by atoms with Crippen LogP contribution in [0.2, 0.25) is 0 Å². The highest BCUT2D eigenvalue weighted by molar-refractivity contribution is 5.07. The van der Waals surface area contributed by atoms with Gasteiger partial charge in [-0.25, -0.2) is 0 Å². The summed E-state index contributed by atoms with van der Waals surface area (Å²) in [5.74, 6) is 0. The van der Waals surface area contributed by atoms with Crippen molar-refractivity contribution in [3.63, 3.8) is 0 Å². The molecule has 1 heterocycles. The van der Waals surface area contributed by atoms with Gasteiger partial charge in [-0.1, -0.05) is 11.6 Å². The second-order valence-corrected chi connectivity index (χ2v) is 2.98. The molecule has 1 aliphatic heterocycles. The first-order valence-corrected chi connectivity index (χ1v) is 3.57. The third kappa shape index (κ3) is 1.55. The summed E-state index contributed by atoms with van der Waals surface area (Å²) in [5.41, 5.74) is 1.54. The van der Waals surface area contributed by atoms with Crippen LogP contribution in [0.25, 0.3) is 0 Å². The first kappa shape index (κ1) is 6.81. The van der Waals surface area contributed by atoms with E-state index in [2.05, 4.69) is 31.9 Å². The Labute approximate surface area is 57.4 Å². The summed E-state index contributed by atoms with van der Waals surface area (Å²) < 4.78 is 0. The molecule has 0 N–H and O–H groups in total. The van der Waals surface area contributed by atoms with E-state index in [0.29, 0.717) is 6.04 Å². The van der Waals surface area contributed by atoms with E-state index in [-0.39, 0.29) is 0 Å². The van der Waals surface area contributed by atoms with Gasteiger partial charge < -0.3 is 0 Å². The summed E-state index contributed by atoms with van der Waals surface area (Å²) >= 11 is 0. The van der Waals surface area contributed by atoms with Gasteiger partial charge in [0.15, 0.2) is 0 Å². The Hall–Kier alpha value is -0.300. The number of nitrogens with zero attached hydrogens (tertiary/aromatic N) is 1. The normalized spacial score (nSPS) is 30.1. The lowest BCUT2D eigenvalue weighted by Gasteiger charge is -2.27. The zero-order valence-corrected chi connectivity index (χ0v) is 6.52. The molecule has 0 amide bonds. The van der Waals surface area contributed by atoms with Crippen LogP contribution in [0.1, 0.15) is 20.3 Å². The van der Waals surface area contributed by atoms with Gasteiger partial charge in [-0.2, -0.15) is 0 Å². The third-order valence-corrected chi connectivity index (χ3v) is 2.08. The molecule has 1 nitrogen and oxygen atoms in total. The smallest absolute Gasteiger partial charge is 0.0249 e. The standard InChI is InChI=1S/C8H15N/c1-7-4-5-9(3)8(2)6-7/h6,8H,4-5H2,1-3H3/t8-/m0/s1. The fraction of sp³-hybridized carbons (Fsp3) is 0.750. The van der Waals surface area contributed by atoms with Crippen molar-refractivity contribution in [2.24, 2.45) is 0 Å². The van der Waals surface area contributed by atoms with Gasteiger partial charge in [-0.15, -0.1) is 0 Å². The van der Waals surface area contributed by atoms with E-state index in [1.54, 1.807) is 5.57 Å². The molecule has 0 saturated heterocycles. The molecule has 0 aromatic rings. The Morgan fingerprint density at radius 1 is 1.67 bits per heavy atom. The summed E-state index contributed by atoms with van der Waals surface area (Å²) in [4.78, 5) is 2.37. The van der Waals surface area contributed by atoms with Crippen LogP contribution in [0, 0.1) is 0 Å². The van der Waals surface area contributed by atoms with Gasteiger partial charge in [0.05, 0.1) is 0 Å². The van der Waals surface area contributed by atoms with Crippen LogP contribution in [0.5, 0.6) is 0 Å². The zero-order chi connectivity index (χ0) is 6.85. The molecule has 0 saturated carbocycles. The topological polar surface area (TPSA) is 3.24 Å². The number of hydrogen-bond acceptors (Lipinski definition) is 1. The molecule has 0 unspecified atom stereocenters. The second-order valence-electron chi connectivity index (χ2n) is 2.98. The highest BCUT2D eigenvalue weighted by Crippen LogP contribution is 2.12. The van der Waals surface area contributed by atoms with Crippen LogP contribution in [0.3, 0.4) is 0 Å². The van der Waals surface area contributed by atoms with E-state index in [0.717, 1.165) is 0 Å². The van der Waals surface area contributed by atoms with Crippen LogP contribution in [-0.4, -0.2) is 24.5 Å². The largest absolute Gasteiger partial charge is 0.300 e. The van der Waals surface area contributed by atoms with E-state index < -0.39 is 0 Å². The lowest BCUT2D eigenvalue weighted by Crippen LogP contribution is -2.31. The van der Waals surface area contributed by atoms with Crippen LogP contribution >= 0.6 is 0 Å². The lowest BCUT2D eigenvalue weighted by molar-refractivity contribution is 0.285. The highest BCUT2D eigenvalue weighted by atomic mass is 15.1. The van der Waals surface area contributed by atoms with Gasteiger partial charge in [0, 0.05) is 12.6 Å². The molecular formula is C8H15N. The van der Waals surface area contributed by atoms with Crippen LogP contribution in [0.4, 0.5) is 0 Å². The van der Waals surface area contributed by atoms with E-state index in [4.69, 9.17) is 0 Å². The van der Waals surface area contributed by atoms with Crippen molar-refractivity contribution in [2.75, 3.05) is 13.6 Å². The maximum Gasteiger partial charge on any atom is 0.0249 e. The molecule has 1 aliphatic rings. The fourth-order valence-electron chi connectivity index (χ4n) is 1.18. The van der Waals surface area contributed by atoms with Crippen molar-refractivity contribution in [1.29, 1.82) is 0 Å². The maximum atomic E-state index is 2.37. The van der Waals surface area contributed by atoms with Crippen molar-refractivity contribution < 1.29 is 0 Å². The highest BCUT2D eigenvalue weighted by Gasteiger charge is 2.10. The average Bonchev–Trinajstić information content (AvgIpc) is 1.80. The Morgan fingerprint density at radius 2 is 2.33 bits per heavy atom. The molecule has 0 radical (unpaired) electrons. The molecule has 1 atom stereocenters. The predicted molar refractivity (Wildman–Crippen MR) is 40.5 cm³/mol. The number of hydrogen-bond donors (Lipinski definition) is 0. The van der Waals surface area contributed by atoms with Gasteiger partial charge in [0.2, 0.25) is 0 Å². The van der Waals surface area contributed by atoms with Crippen LogP contribution in [0.15, 0.2) is 11.6 Å². The molecule has 0 aliphatic carbocycles. The van der Waals surface area contributed by atoms with Crippen molar-refractivity contribution in [3.8, 4) is 0 Å². The molecule has 0 fully saturated rings. The first-order chi connectivity index (χ1) is 4.20. The lowest BCUT2D eigenvalue weighted by atomic mass is 10.1. The molecule has 1 rings (SSSR count). The second kappa shape index (κ2) is 2.53. The zero-order valence-electron chi connectivity index (χ0n) is 6.52. The summed E-state index contributed by atoms with van der Waals surface area (Å²) in [6.07, 6.45) is 3.59. The van der Waals surface area contributed by atoms with Crippen LogP contribution < -0.4 is 0 Å². The molecule has 9 heavy (non-hydrogen) atoms. The van der Waals surface area contributed by atoms with Crippen molar-refractivity contribution in [1.82, 2.24) is 4.90 Å². The summed E-state index contributed by atoms with van der Waals surface area (Å²) in [6, 6.07) is 0.652. The average molecular weight is 125 g/mol. The van der Waals surface area contributed by atoms with Gasteiger partial charge in [0.1, 0.15) is 0 Å². The van der Waals surface area contributed by atoms with Crippen molar-refractivity contribution in [3.05, 3.63) is 11.6 Å². The Morgan fingerprint density at radius 3 is 2.78 bits per heavy atom. The first-order valence-electron chi connectivity index (χ1n) is 3.57. The van der Waals surface area contributed by atoms with E-state index in [9.17, 15) is 0 Å². The van der Waals surface area contributed by atoms with Crippen molar-refractivity contribution in [2.45, 2.75) is 26.3 Å². The fourth-order valence-corrected chi connectivity index (χ4v) is 1.18. The molecule has 0 bridgehead atoms. The third-order valence-electron chi connectivity index (χ3n) is 2.08.